The van der Waals surface area contributed by atoms with Gasteiger partial charge in [-0.05, 0) is 26.7 Å². The highest BCUT2D eigenvalue weighted by Crippen LogP contribution is 2.11. The molecule has 74 valence electrons. The van der Waals surface area contributed by atoms with Crippen LogP contribution in [-0.2, 0) is 9.47 Å². The van der Waals surface area contributed by atoms with Crippen LogP contribution in [-0.4, -0.2) is 25.4 Å². The molecule has 0 radical (unpaired) electrons. The van der Waals surface area contributed by atoms with Crippen LogP contribution in [0.2, 0.25) is 0 Å². The molecule has 0 aromatic heterocycles. The molecule has 0 saturated carbocycles. The molecule has 2 heteroatoms. The van der Waals surface area contributed by atoms with Gasteiger partial charge in [-0.2, -0.15) is 0 Å². The van der Waals surface area contributed by atoms with E-state index in [-0.39, 0.29) is 0 Å². The van der Waals surface area contributed by atoms with E-state index in [1.54, 1.807) is 0 Å². The molecule has 0 bridgehead atoms. The van der Waals surface area contributed by atoms with E-state index in [2.05, 4.69) is 13.8 Å². The molecule has 0 aliphatic carbocycles. The molecule has 1 saturated heterocycles. The van der Waals surface area contributed by atoms with Crippen molar-refractivity contribution < 1.29 is 9.47 Å². The second kappa shape index (κ2) is 7.56. The predicted molar refractivity (Wildman–Crippen MR) is 51.4 cm³/mol. The summed E-state index contributed by atoms with van der Waals surface area (Å²) in [4.78, 5) is 0. The standard InChI is InChI=1S/C8H16O2.C2H6/c1-7(2)10-8-3-5-9-6-4-8;1-2/h7-8H,3-6H2,1-2H3;1-2H3. The number of hydrogen-bond donors (Lipinski definition) is 0. The van der Waals surface area contributed by atoms with Crippen molar-refractivity contribution in [1.29, 1.82) is 0 Å². The summed E-state index contributed by atoms with van der Waals surface area (Å²) in [7, 11) is 0. The SMILES string of the molecule is CC.CC(C)OC1CCOCC1. The average Bonchev–Trinajstić information content (AvgIpc) is 2.08. The first-order valence-electron chi connectivity index (χ1n) is 5.02. The van der Waals surface area contributed by atoms with E-state index in [0.717, 1.165) is 26.1 Å². The number of ether oxygens (including phenoxy) is 2. The average molecular weight is 174 g/mol. The lowest BCUT2D eigenvalue weighted by atomic mass is 10.1. The highest BCUT2D eigenvalue weighted by atomic mass is 16.5. The first-order valence-corrected chi connectivity index (χ1v) is 5.02. The molecule has 1 heterocycles. The molecular formula is C10H22O2. The van der Waals surface area contributed by atoms with E-state index in [4.69, 9.17) is 9.47 Å². The smallest absolute Gasteiger partial charge is 0.0622 e. The first-order chi connectivity index (χ1) is 5.79. The highest BCUT2D eigenvalue weighted by molar-refractivity contribution is 4.62. The zero-order valence-electron chi connectivity index (χ0n) is 8.80. The second-order valence-corrected chi connectivity index (χ2v) is 3.00. The van der Waals surface area contributed by atoms with E-state index < -0.39 is 0 Å². The molecule has 1 aliphatic rings. The Morgan fingerprint density at radius 1 is 1.17 bits per heavy atom. The van der Waals surface area contributed by atoms with E-state index in [0.29, 0.717) is 12.2 Å². The largest absolute Gasteiger partial charge is 0.381 e. The maximum Gasteiger partial charge on any atom is 0.0622 e. The molecule has 0 aromatic rings. The summed E-state index contributed by atoms with van der Waals surface area (Å²) >= 11 is 0. The summed E-state index contributed by atoms with van der Waals surface area (Å²) in [6.07, 6.45) is 2.95. The van der Waals surface area contributed by atoms with Crippen LogP contribution in [0.5, 0.6) is 0 Å². The fourth-order valence-corrected chi connectivity index (χ4v) is 1.20. The highest BCUT2D eigenvalue weighted by Gasteiger charge is 2.14. The summed E-state index contributed by atoms with van der Waals surface area (Å²) in [5.41, 5.74) is 0. The minimum Gasteiger partial charge on any atom is -0.381 e. The third kappa shape index (κ3) is 5.56. The maximum atomic E-state index is 5.61. The molecule has 0 aromatic carbocycles. The third-order valence-corrected chi connectivity index (χ3v) is 1.63. The van der Waals surface area contributed by atoms with Gasteiger partial charge in [0.1, 0.15) is 0 Å². The Kier molecular flexibility index (Phi) is 7.51. The Balaban J connectivity index is 0.000000561. The first kappa shape index (κ1) is 11.9. The molecule has 0 N–H and O–H groups in total. The van der Waals surface area contributed by atoms with Gasteiger partial charge in [-0.1, -0.05) is 13.8 Å². The molecule has 1 fully saturated rings. The van der Waals surface area contributed by atoms with Crippen LogP contribution < -0.4 is 0 Å². The van der Waals surface area contributed by atoms with Crippen molar-refractivity contribution in [2.45, 2.75) is 52.7 Å². The van der Waals surface area contributed by atoms with E-state index in [1.807, 2.05) is 13.8 Å². The Hall–Kier alpha value is -0.0800. The van der Waals surface area contributed by atoms with Gasteiger partial charge in [0, 0.05) is 13.2 Å². The van der Waals surface area contributed by atoms with Gasteiger partial charge in [0.15, 0.2) is 0 Å². The third-order valence-electron chi connectivity index (χ3n) is 1.63. The van der Waals surface area contributed by atoms with Gasteiger partial charge in [-0.25, -0.2) is 0 Å². The number of rotatable bonds is 2. The molecule has 2 nitrogen and oxygen atoms in total. The molecule has 1 rings (SSSR count). The lowest BCUT2D eigenvalue weighted by Gasteiger charge is -2.24. The van der Waals surface area contributed by atoms with Crippen molar-refractivity contribution in [3.05, 3.63) is 0 Å². The molecule has 0 amide bonds. The molecule has 1 aliphatic heterocycles. The van der Waals surface area contributed by atoms with Crippen LogP contribution in [0.4, 0.5) is 0 Å². The zero-order valence-corrected chi connectivity index (χ0v) is 8.80. The quantitative estimate of drug-likeness (QED) is 0.640. The predicted octanol–water partition coefficient (Wildman–Crippen LogP) is 2.62. The Morgan fingerprint density at radius 2 is 1.67 bits per heavy atom. The normalized spacial score (nSPS) is 18.8. The van der Waals surface area contributed by atoms with Crippen LogP contribution >= 0.6 is 0 Å². The zero-order chi connectivity index (χ0) is 9.40. The molecule has 0 unspecified atom stereocenters. The second-order valence-electron chi connectivity index (χ2n) is 3.00. The Bertz CT molecular complexity index is 85.8. The summed E-state index contributed by atoms with van der Waals surface area (Å²) in [5, 5.41) is 0. The summed E-state index contributed by atoms with van der Waals surface area (Å²) in [5.74, 6) is 0. The lowest BCUT2D eigenvalue weighted by molar-refractivity contribution is -0.0563. The monoisotopic (exact) mass is 174 g/mol. The van der Waals surface area contributed by atoms with Crippen molar-refractivity contribution in [2.75, 3.05) is 13.2 Å². The molecule has 0 spiro atoms. The van der Waals surface area contributed by atoms with Crippen molar-refractivity contribution in [3.8, 4) is 0 Å². The molecule has 0 atom stereocenters. The van der Waals surface area contributed by atoms with Crippen LogP contribution in [0.1, 0.15) is 40.5 Å². The topological polar surface area (TPSA) is 18.5 Å². The fourth-order valence-electron chi connectivity index (χ4n) is 1.20. The van der Waals surface area contributed by atoms with Crippen LogP contribution in [0.3, 0.4) is 0 Å². The Labute approximate surface area is 76.3 Å². The molecular weight excluding hydrogens is 152 g/mol. The van der Waals surface area contributed by atoms with Gasteiger partial charge in [0.2, 0.25) is 0 Å². The van der Waals surface area contributed by atoms with Crippen molar-refractivity contribution in [1.82, 2.24) is 0 Å². The summed E-state index contributed by atoms with van der Waals surface area (Å²) < 4.78 is 10.8. The van der Waals surface area contributed by atoms with Crippen molar-refractivity contribution >= 4 is 0 Å². The molecule has 12 heavy (non-hydrogen) atoms. The van der Waals surface area contributed by atoms with E-state index >= 15 is 0 Å². The summed E-state index contributed by atoms with van der Waals surface area (Å²) in [6.45, 7) is 9.90. The maximum absolute atomic E-state index is 5.61. The van der Waals surface area contributed by atoms with Crippen LogP contribution in [0.25, 0.3) is 0 Å². The lowest BCUT2D eigenvalue weighted by Crippen LogP contribution is -2.25. The van der Waals surface area contributed by atoms with Crippen molar-refractivity contribution in [2.24, 2.45) is 0 Å². The Morgan fingerprint density at radius 3 is 2.08 bits per heavy atom. The fraction of sp³-hybridized carbons (Fsp3) is 1.00. The van der Waals surface area contributed by atoms with Crippen molar-refractivity contribution in [3.63, 3.8) is 0 Å². The van der Waals surface area contributed by atoms with Gasteiger partial charge in [-0.3, -0.25) is 0 Å². The van der Waals surface area contributed by atoms with Crippen LogP contribution in [0, 0.1) is 0 Å². The minimum absolute atomic E-state index is 0.364. The van der Waals surface area contributed by atoms with Gasteiger partial charge in [-0.15, -0.1) is 0 Å². The van der Waals surface area contributed by atoms with Gasteiger partial charge >= 0.3 is 0 Å². The van der Waals surface area contributed by atoms with Gasteiger partial charge in [0.25, 0.3) is 0 Å². The van der Waals surface area contributed by atoms with E-state index in [1.165, 1.54) is 0 Å². The summed E-state index contributed by atoms with van der Waals surface area (Å²) in [6, 6.07) is 0. The van der Waals surface area contributed by atoms with Gasteiger partial charge in [0.05, 0.1) is 12.2 Å². The van der Waals surface area contributed by atoms with Crippen LogP contribution in [0.15, 0.2) is 0 Å². The minimum atomic E-state index is 0.364. The number of hydrogen-bond acceptors (Lipinski definition) is 2. The van der Waals surface area contributed by atoms with E-state index in [9.17, 15) is 0 Å². The van der Waals surface area contributed by atoms with Gasteiger partial charge < -0.3 is 9.47 Å².